The lowest BCUT2D eigenvalue weighted by Crippen LogP contribution is -2.17. The van der Waals surface area contributed by atoms with Crippen LogP contribution in [-0.2, 0) is 0 Å². The molecule has 1 aromatic carbocycles. The first-order valence-electron chi connectivity index (χ1n) is 4.38. The molecule has 0 spiro atoms. The van der Waals surface area contributed by atoms with Gasteiger partial charge in [-0.2, -0.15) is 11.8 Å². The Morgan fingerprint density at radius 1 is 1.31 bits per heavy atom. The minimum Gasteiger partial charge on any atom is -0.327 e. The summed E-state index contributed by atoms with van der Waals surface area (Å²) in [5.74, 6) is 1.08. The lowest BCUT2D eigenvalue weighted by Gasteiger charge is -2.08. The summed E-state index contributed by atoms with van der Waals surface area (Å²) in [6, 6.07) is 8.45. The van der Waals surface area contributed by atoms with Gasteiger partial charge in [0.2, 0.25) is 0 Å². The van der Waals surface area contributed by atoms with E-state index in [1.165, 1.54) is 5.56 Å². The third kappa shape index (κ3) is 2.19. The monoisotopic (exact) mass is 213 g/mol. The molecule has 2 rings (SSSR count). The topological polar surface area (TPSA) is 26.0 Å². The van der Waals surface area contributed by atoms with Gasteiger partial charge in [0, 0.05) is 22.1 Å². The average Bonchev–Trinajstić information content (AvgIpc) is 2.53. The number of halogens is 1. The second-order valence-electron chi connectivity index (χ2n) is 3.37. The van der Waals surface area contributed by atoms with Crippen molar-refractivity contribution in [2.75, 3.05) is 5.75 Å². The summed E-state index contributed by atoms with van der Waals surface area (Å²) in [5, 5.41) is 1.38. The van der Waals surface area contributed by atoms with Gasteiger partial charge >= 0.3 is 0 Å². The van der Waals surface area contributed by atoms with Crippen molar-refractivity contribution in [2.24, 2.45) is 5.73 Å². The largest absolute Gasteiger partial charge is 0.327 e. The van der Waals surface area contributed by atoms with Gasteiger partial charge in [-0.25, -0.2) is 0 Å². The highest BCUT2D eigenvalue weighted by Gasteiger charge is 2.23. The zero-order chi connectivity index (χ0) is 9.26. The Kier molecular flexibility index (Phi) is 2.82. The smallest absolute Gasteiger partial charge is 0.0406 e. The van der Waals surface area contributed by atoms with Gasteiger partial charge in [0.05, 0.1) is 0 Å². The molecule has 1 aromatic rings. The summed E-state index contributed by atoms with van der Waals surface area (Å²) in [5.41, 5.74) is 7.19. The standard InChI is InChI=1S/C10H12ClNS/c11-8-3-1-7(2-4-8)10-5-9(12)6-13-10/h1-4,9-10H,5-6,12H2. The molecule has 13 heavy (non-hydrogen) atoms. The molecule has 2 N–H and O–H groups in total. The van der Waals surface area contributed by atoms with Crippen LogP contribution in [-0.4, -0.2) is 11.8 Å². The summed E-state index contributed by atoms with van der Waals surface area (Å²) in [6.07, 6.45) is 1.09. The fraction of sp³-hybridized carbons (Fsp3) is 0.400. The third-order valence-electron chi connectivity index (χ3n) is 2.27. The Morgan fingerprint density at radius 3 is 2.54 bits per heavy atom. The molecule has 1 fully saturated rings. The van der Waals surface area contributed by atoms with Crippen molar-refractivity contribution in [2.45, 2.75) is 17.7 Å². The molecule has 70 valence electrons. The number of rotatable bonds is 1. The van der Waals surface area contributed by atoms with Gasteiger partial charge in [0.15, 0.2) is 0 Å². The molecule has 0 saturated carbocycles. The van der Waals surface area contributed by atoms with E-state index in [-0.39, 0.29) is 0 Å². The molecule has 0 radical (unpaired) electrons. The minimum atomic E-state index is 0.366. The lowest BCUT2D eigenvalue weighted by molar-refractivity contribution is 0.700. The van der Waals surface area contributed by atoms with Crippen LogP contribution in [0.25, 0.3) is 0 Å². The number of nitrogens with two attached hydrogens (primary N) is 1. The van der Waals surface area contributed by atoms with Crippen LogP contribution in [0.4, 0.5) is 0 Å². The molecule has 3 heteroatoms. The summed E-state index contributed by atoms with van der Waals surface area (Å²) in [4.78, 5) is 0. The number of thioether (sulfide) groups is 1. The van der Waals surface area contributed by atoms with E-state index in [2.05, 4.69) is 12.1 Å². The van der Waals surface area contributed by atoms with Crippen LogP contribution >= 0.6 is 23.4 Å². The highest BCUT2D eigenvalue weighted by atomic mass is 35.5. The number of hydrogen-bond acceptors (Lipinski definition) is 2. The van der Waals surface area contributed by atoms with Crippen molar-refractivity contribution in [3.05, 3.63) is 34.9 Å². The summed E-state index contributed by atoms with van der Waals surface area (Å²) < 4.78 is 0. The summed E-state index contributed by atoms with van der Waals surface area (Å²) in [7, 11) is 0. The highest BCUT2D eigenvalue weighted by molar-refractivity contribution is 7.99. The first-order valence-corrected chi connectivity index (χ1v) is 5.81. The molecule has 1 aliphatic heterocycles. The maximum Gasteiger partial charge on any atom is 0.0406 e. The van der Waals surface area contributed by atoms with Crippen LogP contribution in [0.2, 0.25) is 5.02 Å². The molecule has 0 amide bonds. The van der Waals surface area contributed by atoms with Gasteiger partial charge in [0.25, 0.3) is 0 Å². The maximum atomic E-state index is 5.85. The fourth-order valence-electron chi connectivity index (χ4n) is 1.56. The molecule has 0 aliphatic carbocycles. The van der Waals surface area contributed by atoms with E-state index in [4.69, 9.17) is 17.3 Å². The Hall–Kier alpha value is -0.180. The van der Waals surface area contributed by atoms with Crippen molar-refractivity contribution in [3.8, 4) is 0 Å². The summed E-state index contributed by atoms with van der Waals surface area (Å²) in [6.45, 7) is 0. The van der Waals surface area contributed by atoms with E-state index in [1.807, 2.05) is 23.9 Å². The predicted molar refractivity (Wildman–Crippen MR) is 59.2 cm³/mol. The van der Waals surface area contributed by atoms with Crippen LogP contribution < -0.4 is 5.73 Å². The molecule has 1 saturated heterocycles. The van der Waals surface area contributed by atoms with E-state index in [1.54, 1.807) is 0 Å². The normalized spacial score (nSPS) is 27.8. The van der Waals surface area contributed by atoms with Crippen molar-refractivity contribution >= 4 is 23.4 Å². The van der Waals surface area contributed by atoms with Crippen LogP contribution in [0.5, 0.6) is 0 Å². The van der Waals surface area contributed by atoms with Crippen LogP contribution in [0, 0.1) is 0 Å². The minimum absolute atomic E-state index is 0.366. The van der Waals surface area contributed by atoms with Gasteiger partial charge in [-0.05, 0) is 24.1 Å². The quantitative estimate of drug-likeness (QED) is 0.777. The van der Waals surface area contributed by atoms with Gasteiger partial charge in [0.1, 0.15) is 0 Å². The maximum absolute atomic E-state index is 5.85. The molecule has 1 nitrogen and oxygen atoms in total. The second kappa shape index (κ2) is 3.91. The van der Waals surface area contributed by atoms with Crippen molar-refractivity contribution in [1.82, 2.24) is 0 Å². The Bertz CT molecular complexity index is 285. The molecule has 1 aliphatic rings. The van der Waals surface area contributed by atoms with E-state index in [0.717, 1.165) is 17.2 Å². The number of benzene rings is 1. The summed E-state index contributed by atoms with van der Waals surface area (Å²) >= 11 is 7.76. The van der Waals surface area contributed by atoms with E-state index >= 15 is 0 Å². The molecular formula is C10H12ClNS. The Morgan fingerprint density at radius 2 is 2.00 bits per heavy atom. The van der Waals surface area contributed by atoms with Crippen LogP contribution in [0.15, 0.2) is 24.3 Å². The van der Waals surface area contributed by atoms with Gasteiger partial charge in [-0.15, -0.1) is 0 Å². The first-order chi connectivity index (χ1) is 6.25. The number of hydrogen-bond donors (Lipinski definition) is 1. The Labute approximate surface area is 87.7 Å². The lowest BCUT2D eigenvalue weighted by atomic mass is 10.1. The molecule has 0 aromatic heterocycles. The van der Waals surface area contributed by atoms with Crippen molar-refractivity contribution < 1.29 is 0 Å². The first kappa shape index (κ1) is 9.38. The zero-order valence-corrected chi connectivity index (χ0v) is 8.81. The second-order valence-corrected chi connectivity index (χ2v) is 5.04. The predicted octanol–water partition coefficient (Wildman–Crippen LogP) is 2.85. The van der Waals surface area contributed by atoms with Crippen LogP contribution in [0.3, 0.4) is 0 Å². The van der Waals surface area contributed by atoms with E-state index < -0.39 is 0 Å². The molecule has 0 bridgehead atoms. The molecule has 2 unspecified atom stereocenters. The fourth-order valence-corrected chi connectivity index (χ4v) is 3.03. The molecular weight excluding hydrogens is 202 g/mol. The molecule has 2 atom stereocenters. The van der Waals surface area contributed by atoms with Crippen molar-refractivity contribution in [1.29, 1.82) is 0 Å². The van der Waals surface area contributed by atoms with Crippen LogP contribution in [0.1, 0.15) is 17.2 Å². The van der Waals surface area contributed by atoms with Gasteiger partial charge in [-0.3, -0.25) is 0 Å². The van der Waals surface area contributed by atoms with E-state index in [0.29, 0.717) is 11.3 Å². The third-order valence-corrected chi connectivity index (χ3v) is 4.01. The Balaban J connectivity index is 2.13. The molecule has 1 heterocycles. The highest BCUT2D eigenvalue weighted by Crippen LogP contribution is 2.39. The van der Waals surface area contributed by atoms with Crippen molar-refractivity contribution in [3.63, 3.8) is 0 Å². The average molecular weight is 214 g/mol. The SMILES string of the molecule is NC1CSC(c2ccc(Cl)cc2)C1. The van der Waals surface area contributed by atoms with E-state index in [9.17, 15) is 0 Å². The van der Waals surface area contributed by atoms with Gasteiger partial charge < -0.3 is 5.73 Å². The zero-order valence-electron chi connectivity index (χ0n) is 7.24. The van der Waals surface area contributed by atoms with Gasteiger partial charge in [-0.1, -0.05) is 23.7 Å².